The van der Waals surface area contributed by atoms with Crippen LogP contribution in [0.5, 0.6) is 0 Å². The number of hydrogen-bond donors (Lipinski definition) is 3. The summed E-state index contributed by atoms with van der Waals surface area (Å²) in [6, 6.07) is 18.6. The van der Waals surface area contributed by atoms with Crippen molar-refractivity contribution in [3.8, 4) is 0 Å². The maximum absolute atomic E-state index is 12.7. The third-order valence-electron chi connectivity index (χ3n) is 4.64. The molecule has 0 radical (unpaired) electrons. The van der Waals surface area contributed by atoms with Crippen LogP contribution >= 0.6 is 0 Å². The van der Waals surface area contributed by atoms with E-state index in [1.165, 1.54) is 0 Å². The lowest BCUT2D eigenvalue weighted by Gasteiger charge is -2.17. The quantitative estimate of drug-likeness (QED) is 0.359. The molecule has 2 aromatic carbocycles. The van der Waals surface area contributed by atoms with Gasteiger partial charge in [-0.3, -0.25) is 19.2 Å². The van der Waals surface area contributed by atoms with Gasteiger partial charge in [-0.2, -0.15) is 0 Å². The summed E-state index contributed by atoms with van der Waals surface area (Å²) in [6.07, 6.45) is 1.06. The van der Waals surface area contributed by atoms with E-state index in [-0.39, 0.29) is 25.5 Å². The average Bonchev–Trinajstić information content (AvgIpc) is 2.77. The first-order valence-electron chi connectivity index (χ1n) is 10.5. The van der Waals surface area contributed by atoms with E-state index in [9.17, 15) is 14.4 Å². The Balaban J connectivity index is 1.91. The van der Waals surface area contributed by atoms with E-state index in [0.29, 0.717) is 12.5 Å². The van der Waals surface area contributed by atoms with E-state index in [4.69, 9.17) is 4.84 Å². The minimum absolute atomic E-state index is 0.180. The molecule has 3 N–H and O–H groups in total. The molecule has 2 rings (SSSR count). The molecule has 3 amide bonds. The van der Waals surface area contributed by atoms with Crippen molar-refractivity contribution < 1.29 is 19.2 Å². The van der Waals surface area contributed by atoms with Crippen LogP contribution in [0.25, 0.3) is 0 Å². The Bertz CT molecular complexity index is 825. The van der Waals surface area contributed by atoms with Crippen LogP contribution in [-0.2, 0) is 32.2 Å². The molecule has 0 bridgehead atoms. The lowest BCUT2D eigenvalue weighted by molar-refractivity contribution is -0.145. The Morgan fingerprint density at radius 1 is 0.839 bits per heavy atom. The highest BCUT2D eigenvalue weighted by molar-refractivity contribution is 6.01. The SMILES string of the molecule is CC(C)CCNC(=O)CNC(=O)C(Cc1ccccc1)C(=O)NOCc1ccccc1. The maximum Gasteiger partial charge on any atom is 0.256 e. The first-order chi connectivity index (χ1) is 15.0. The molecular formula is C24H31N3O4. The number of amides is 3. The molecule has 31 heavy (non-hydrogen) atoms. The highest BCUT2D eigenvalue weighted by Crippen LogP contribution is 2.10. The molecule has 0 saturated carbocycles. The fraction of sp³-hybridized carbons (Fsp3) is 0.375. The molecule has 7 nitrogen and oxygen atoms in total. The minimum atomic E-state index is -1.03. The van der Waals surface area contributed by atoms with E-state index in [1.54, 1.807) is 0 Å². The van der Waals surface area contributed by atoms with Gasteiger partial charge in [-0.15, -0.1) is 0 Å². The lowest BCUT2D eigenvalue weighted by Crippen LogP contribution is -2.45. The fourth-order valence-corrected chi connectivity index (χ4v) is 2.84. The Hall–Kier alpha value is -3.19. The topological polar surface area (TPSA) is 96.5 Å². The van der Waals surface area contributed by atoms with Gasteiger partial charge in [0, 0.05) is 6.54 Å². The molecule has 7 heteroatoms. The van der Waals surface area contributed by atoms with Crippen molar-refractivity contribution in [3.05, 3.63) is 71.8 Å². The van der Waals surface area contributed by atoms with Crippen LogP contribution in [0.15, 0.2) is 60.7 Å². The average molecular weight is 426 g/mol. The van der Waals surface area contributed by atoms with E-state index in [1.807, 2.05) is 60.7 Å². The highest BCUT2D eigenvalue weighted by atomic mass is 16.6. The Kier molecular flexibility index (Phi) is 10.2. The molecule has 0 heterocycles. The van der Waals surface area contributed by atoms with Gasteiger partial charge < -0.3 is 10.6 Å². The Labute approximate surface area is 183 Å². The molecule has 1 atom stereocenters. The fourth-order valence-electron chi connectivity index (χ4n) is 2.84. The minimum Gasteiger partial charge on any atom is -0.355 e. The molecular weight excluding hydrogens is 394 g/mol. The highest BCUT2D eigenvalue weighted by Gasteiger charge is 2.27. The summed E-state index contributed by atoms with van der Waals surface area (Å²) in [5, 5.41) is 5.32. The molecule has 0 saturated heterocycles. The van der Waals surface area contributed by atoms with Gasteiger partial charge in [-0.1, -0.05) is 74.5 Å². The van der Waals surface area contributed by atoms with Crippen molar-refractivity contribution in [1.82, 2.24) is 16.1 Å². The van der Waals surface area contributed by atoms with Crippen molar-refractivity contribution in [2.75, 3.05) is 13.1 Å². The van der Waals surface area contributed by atoms with E-state index < -0.39 is 17.7 Å². The van der Waals surface area contributed by atoms with Crippen LogP contribution in [0.3, 0.4) is 0 Å². The van der Waals surface area contributed by atoms with Crippen molar-refractivity contribution in [2.24, 2.45) is 11.8 Å². The first kappa shape index (κ1) is 24.1. The summed E-state index contributed by atoms with van der Waals surface area (Å²) in [4.78, 5) is 42.6. The van der Waals surface area contributed by atoms with E-state index in [0.717, 1.165) is 17.5 Å². The van der Waals surface area contributed by atoms with Gasteiger partial charge in [0.15, 0.2) is 0 Å². The van der Waals surface area contributed by atoms with Crippen LogP contribution in [-0.4, -0.2) is 30.8 Å². The summed E-state index contributed by atoms with van der Waals surface area (Å²) in [6.45, 7) is 4.69. The third kappa shape index (κ3) is 9.44. The Morgan fingerprint density at radius 3 is 2.06 bits per heavy atom. The van der Waals surface area contributed by atoms with Gasteiger partial charge in [0.25, 0.3) is 5.91 Å². The van der Waals surface area contributed by atoms with Gasteiger partial charge in [0.2, 0.25) is 11.8 Å². The van der Waals surface area contributed by atoms with Crippen LogP contribution in [0.1, 0.15) is 31.4 Å². The smallest absolute Gasteiger partial charge is 0.256 e. The molecule has 0 aromatic heterocycles. The molecule has 0 spiro atoms. The van der Waals surface area contributed by atoms with Gasteiger partial charge >= 0.3 is 0 Å². The molecule has 0 aliphatic heterocycles. The number of hydroxylamine groups is 1. The summed E-state index contributed by atoms with van der Waals surface area (Å²) in [5.41, 5.74) is 4.10. The monoisotopic (exact) mass is 425 g/mol. The molecule has 0 aliphatic rings. The molecule has 166 valence electrons. The summed E-state index contributed by atoms with van der Waals surface area (Å²) >= 11 is 0. The first-order valence-corrected chi connectivity index (χ1v) is 10.5. The van der Waals surface area contributed by atoms with E-state index >= 15 is 0 Å². The molecule has 0 aliphatic carbocycles. The van der Waals surface area contributed by atoms with Crippen molar-refractivity contribution in [3.63, 3.8) is 0 Å². The van der Waals surface area contributed by atoms with Gasteiger partial charge in [-0.25, -0.2) is 5.48 Å². The number of carbonyl (C=O) groups is 3. The normalized spacial score (nSPS) is 11.6. The van der Waals surface area contributed by atoms with Crippen LogP contribution in [0.2, 0.25) is 0 Å². The second-order valence-electron chi connectivity index (χ2n) is 7.73. The van der Waals surface area contributed by atoms with E-state index in [2.05, 4.69) is 30.0 Å². The number of nitrogens with one attached hydrogen (secondary N) is 3. The second kappa shape index (κ2) is 13.2. The zero-order valence-electron chi connectivity index (χ0n) is 18.1. The predicted octanol–water partition coefficient (Wildman–Crippen LogP) is 2.37. The number of rotatable bonds is 12. The van der Waals surface area contributed by atoms with Crippen molar-refractivity contribution in [1.29, 1.82) is 0 Å². The predicted molar refractivity (Wildman–Crippen MR) is 118 cm³/mol. The van der Waals surface area contributed by atoms with Crippen LogP contribution in [0, 0.1) is 11.8 Å². The molecule has 0 fully saturated rings. The standard InChI is InChI=1S/C24H31N3O4/c1-18(2)13-14-25-22(28)16-26-23(29)21(15-19-9-5-3-6-10-19)24(30)27-31-17-20-11-7-4-8-12-20/h3-12,18,21H,13-17H2,1-2H3,(H,25,28)(H,26,29)(H,27,30). The van der Waals surface area contributed by atoms with Crippen molar-refractivity contribution in [2.45, 2.75) is 33.3 Å². The van der Waals surface area contributed by atoms with Gasteiger partial charge in [0.1, 0.15) is 5.92 Å². The zero-order valence-corrected chi connectivity index (χ0v) is 18.1. The van der Waals surface area contributed by atoms with Crippen LogP contribution in [0.4, 0.5) is 0 Å². The van der Waals surface area contributed by atoms with Gasteiger partial charge in [-0.05, 0) is 29.9 Å². The number of hydrogen-bond acceptors (Lipinski definition) is 4. The summed E-state index contributed by atoms with van der Waals surface area (Å²) in [7, 11) is 0. The molecule has 2 aromatic rings. The largest absolute Gasteiger partial charge is 0.355 e. The van der Waals surface area contributed by atoms with Crippen LogP contribution < -0.4 is 16.1 Å². The zero-order chi connectivity index (χ0) is 22.5. The maximum atomic E-state index is 12.7. The summed E-state index contributed by atoms with van der Waals surface area (Å²) in [5.74, 6) is -1.92. The Morgan fingerprint density at radius 2 is 1.45 bits per heavy atom. The van der Waals surface area contributed by atoms with Gasteiger partial charge in [0.05, 0.1) is 13.2 Å². The third-order valence-corrected chi connectivity index (χ3v) is 4.64. The number of carbonyl (C=O) groups excluding carboxylic acids is 3. The lowest BCUT2D eigenvalue weighted by atomic mass is 9.98. The summed E-state index contributed by atoms with van der Waals surface area (Å²) < 4.78 is 0. The number of benzene rings is 2. The van der Waals surface area contributed by atoms with Crippen molar-refractivity contribution >= 4 is 17.7 Å². The second-order valence-corrected chi connectivity index (χ2v) is 7.73. The molecule has 1 unspecified atom stereocenters.